The molecule has 0 saturated heterocycles. The Morgan fingerprint density at radius 1 is 1.00 bits per heavy atom. The fourth-order valence-corrected chi connectivity index (χ4v) is 5.29. The fourth-order valence-electron chi connectivity index (χ4n) is 5.29. The molecule has 0 spiro atoms. The lowest BCUT2D eigenvalue weighted by Crippen LogP contribution is -2.47. The van der Waals surface area contributed by atoms with Crippen LogP contribution in [0.3, 0.4) is 0 Å². The fraction of sp³-hybridized carbons (Fsp3) is 0.913. The Bertz CT molecular complexity index is 481. The van der Waals surface area contributed by atoms with Gasteiger partial charge in [0.1, 0.15) is 0 Å². The predicted molar refractivity (Wildman–Crippen MR) is 105 cm³/mol. The first-order valence-electron chi connectivity index (χ1n) is 11.0. The van der Waals surface area contributed by atoms with E-state index in [4.69, 9.17) is 4.74 Å². The van der Waals surface area contributed by atoms with Crippen LogP contribution in [0.1, 0.15) is 91.9 Å². The number of esters is 1. The molecule has 0 radical (unpaired) electrons. The molecule has 0 aromatic carbocycles. The van der Waals surface area contributed by atoms with Crippen LogP contribution >= 0.6 is 0 Å². The van der Waals surface area contributed by atoms with E-state index in [1.54, 1.807) is 0 Å². The van der Waals surface area contributed by atoms with E-state index in [0.29, 0.717) is 24.4 Å². The highest BCUT2D eigenvalue weighted by atomic mass is 16.5. The number of carbonyl (C=O) groups excluding carboxylic acids is 1. The summed E-state index contributed by atoms with van der Waals surface area (Å²) < 4.78 is 5.76. The Labute approximate surface area is 160 Å². The number of nitrogens with zero attached hydrogens (tertiary/aromatic N) is 1. The zero-order valence-electron chi connectivity index (χ0n) is 17.4. The summed E-state index contributed by atoms with van der Waals surface area (Å²) in [7, 11) is 0. The summed E-state index contributed by atoms with van der Waals surface area (Å²) in [5.41, 5.74) is -0.921. The monoisotopic (exact) mass is 361 g/mol. The molecule has 0 bridgehead atoms. The van der Waals surface area contributed by atoms with Gasteiger partial charge in [0.05, 0.1) is 12.7 Å². The molecule has 26 heavy (non-hydrogen) atoms. The van der Waals surface area contributed by atoms with Crippen LogP contribution in [0, 0.1) is 46.3 Å². The van der Waals surface area contributed by atoms with Crippen molar-refractivity contribution >= 4 is 5.97 Å². The maximum Gasteiger partial charge on any atom is 0.327 e. The molecule has 148 valence electrons. The largest absolute Gasteiger partial charge is 0.464 e. The summed E-state index contributed by atoms with van der Waals surface area (Å²) in [5.74, 6) is 1.57. The van der Waals surface area contributed by atoms with Gasteiger partial charge in [-0.15, -0.1) is 0 Å². The van der Waals surface area contributed by atoms with E-state index in [9.17, 15) is 10.1 Å². The second kappa shape index (κ2) is 9.77. The molecule has 2 aliphatic carbocycles. The quantitative estimate of drug-likeness (QED) is 0.464. The molecule has 0 aromatic heterocycles. The van der Waals surface area contributed by atoms with Crippen LogP contribution in [-0.2, 0) is 9.53 Å². The van der Waals surface area contributed by atoms with Crippen molar-refractivity contribution < 1.29 is 9.53 Å². The minimum atomic E-state index is -0.921. The van der Waals surface area contributed by atoms with Crippen LogP contribution in [-0.4, -0.2) is 12.6 Å². The summed E-state index contributed by atoms with van der Waals surface area (Å²) in [5, 5.41) is 10.4. The third kappa shape index (κ3) is 4.81. The summed E-state index contributed by atoms with van der Waals surface area (Å²) in [6, 6.07) is 2.61. The molecule has 2 fully saturated rings. The van der Waals surface area contributed by atoms with Crippen LogP contribution in [0.25, 0.3) is 0 Å². The molecular formula is C23H39NO2. The molecule has 2 atom stereocenters. The summed E-state index contributed by atoms with van der Waals surface area (Å²) in [6.07, 6.45) is 11.2. The Balaban J connectivity index is 2.35. The van der Waals surface area contributed by atoms with Gasteiger partial charge in [-0.05, 0) is 48.9 Å². The summed E-state index contributed by atoms with van der Waals surface area (Å²) in [6.45, 7) is 9.03. The Hall–Kier alpha value is -1.04. The average Bonchev–Trinajstić information content (AvgIpc) is 3.29. The van der Waals surface area contributed by atoms with E-state index in [2.05, 4.69) is 33.8 Å². The summed E-state index contributed by atoms with van der Waals surface area (Å²) in [4.78, 5) is 13.4. The van der Waals surface area contributed by atoms with Crippen molar-refractivity contribution in [3.05, 3.63) is 0 Å². The average molecular weight is 362 g/mol. The van der Waals surface area contributed by atoms with E-state index in [-0.39, 0.29) is 17.8 Å². The van der Waals surface area contributed by atoms with Crippen LogP contribution in [0.15, 0.2) is 0 Å². The number of rotatable bonds is 9. The van der Waals surface area contributed by atoms with E-state index in [1.165, 1.54) is 25.7 Å². The first kappa shape index (κ1) is 21.3. The standard InChI is InChI=1S/C23H39NO2/c1-17(2)13-14-21(19-9-5-6-10-19)23(16-24,20-11-7-8-12-20)22(25)26-15-18(3)4/h17-21H,5-15H2,1-4H3. The molecule has 0 amide bonds. The molecule has 0 aromatic rings. The lowest BCUT2D eigenvalue weighted by molar-refractivity contribution is -0.162. The minimum absolute atomic E-state index is 0.167. The van der Waals surface area contributed by atoms with Gasteiger partial charge in [-0.25, -0.2) is 0 Å². The number of hydrogen-bond acceptors (Lipinski definition) is 3. The second-order valence-electron chi connectivity index (χ2n) is 9.58. The van der Waals surface area contributed by atoms with Gasteiger partial charge in [0.2, 0.25) is 0 Å². The highest BCUT2D eigenvalue weighted by molar-refractivity contribution is 5.81. The highest BCUT2D eigenvalue weighted by Crippen LogP contribution is 2.53. The first-order chi connectivity index (χ1) is 12.4. The van der Waals surface area contributed by atoms with Crippen molar-refractivity contribution in [1.29, 1.82) is 5.26 Å². The van der Waals surface area contributed by atoms with Crippen molar-refractivity contribution in [2.45, 2.75) is 91.9 Å². The van der Waals surface area contributed by atoms with Crippen LogP contribution in [0.4, 0.5) is 0 Å². The van der Waals surface area contributed by atoms with E-state index in [1.807, 2.05) is 0 Å². The molecule has 2 rings (SSSR count). The SMILES string of the molecule is CC(C)CCC(C1CCCC1)C(C#N)(C(=O)OCC(C)C)C1CCCC1. The Kier molecular flexibility index (Phi) is 7.99. The molecule has 2 saturated carbocycles. The molecule has 0 N–H and O–H groups in total. The van der Waals surface area contributed by atoms with Gasteiger partial charge in [0.25, 0.3) is 0 Å². The van der Waals surface area contributed by atoms with Crippen molar-refractivity contribution in [2.75, 3.05) is 6.61 Å². The maximum absolute atomic E-state index is 13.4. The minimum Gasteiger partial charge on any atom is -0.464 e. The maximum atomic E-state index is 13.4. The number of hydrogen-bond donors (Lipinski definition) is 0. The highest BCUT2D eigenvalue weighted by Gasteiger charge is 2.56. The lowest BCUT2D eigenvalue weighted by Gasteiger charge is -2.41. The third-order valence-corrected chi connectivity index (χ3v) is 6.68. The van der Waals surface area contributed by atoms with Crippen LogP contribution < -0.4 is 0 Å². The Morgan fingerprint density at radius 2 is 1.58 bits per heavy atom. The van der Waals surface area contributed by atoms with Crippen molar-refractivity contribution in [3.63, 3.8) is 0 Å². The molecular weight excluding hydrogens is 322 g/mol. The molecule has 0 heterocycles. The van der Waals surface area contributed by atoms with Gasteiger partial charge in [0.15, 0.2) is 5.41 Å². The van der Waals surface area contributed by atoms with E-state index >= 15 is 0 Å². The van der Waals surface area contributed by atoms with Gasteiger partial charge in [-0.1, -0.05) is 72.6 Å². The van der Waals surface area contributed by atoms with Crippen molar-refractivity contribution in [3.8, 4) is 6.07 Å². The molecule has 0 aliphatic heterocycles. The number of ether oxygens (including phenoxy) is 1. The van der Waals surface area contributed by atoms with E-state index < -0.39 is 5.41 Å². The summed E-state index contributed by atoms with van der Waals surface area (Å²) >= 11 is 0. The van der Waals surface area contributed by atoms with Gasteiger partial charge < -0.3 is 4.74 Å². The molecule has 2 unspecified atom stereocenters. The van der Waals surface area contributed by atoms with E-state index in [0.717, 1.165) is 38.5 Å². The second-order valence-corrected chi connectivity index (χ2v) is 9.58. The molecule has 3 nitrogen and oxygen atoms in total. The van der Waals surface area contributed by atoms with Gasteiger partial charge in [-0.3, -0.25) is 4.79 Å². The topological polar surface area (TPSA) is 50.1 Å². The molecule has 3 heteroatoms. The zero-order chi connectivity index (χ0) is 19.2. The van der Waals surface area contributed by atoms with Crippen LogP contribution in [0.2, 0.25) is 0 Å². The Morgan fingerprint density at radius 3 is 2.08 bits per heavy atom. The third-order valence-electron chi connectivity index (χ3n) is 6.68. The van der Waals surface area contributed by atoms with Gasteiger partial charge in [-0.2, -0.15) is 5.26 Å². The normalized spacial score (nSPS) is 22.5. The first-order valence-corrected chi connectivity index (χ1v) is 11.0. The lowest BCUT2D eigenvalue weighted by atomic mass is 9.60. The number of carbonyl (C=O) groups is 1. The zero-order valence-corrected chi connectivity index (χ0v) is 17.4. The van der Waals surface area contributed by atoms with Crippen molar-refractivity contribution in [1.82, 2.24) is 0 Å². The van der Waals surface area contributed by atoms with Crippen LogP contribution in [0.5, 0.6) is 0 Å². The van der Waals surface area contributed by atoms with Crippen molar-refractivity contribution in [2.24, 2.45) is 35.0 Å². The van der Waals surface area contributed by atoms with Gasteiger partial charge >= 0.3 is 5.97 Å². The molecule has 2 aliphatic rings. The predicted octanol–water partition coefficient (Wildman–Crippen LogP) is 6.13. The number of nitriles is 1. The van der Waals surface area contributed by atoms with Gasteiger partial charge in [0, 0.05) is 0 Å². The smallest absolute Gasteiger partial charge is 0.327 e.